The van der Waals surface area contributed by atoms with Crippen molar-refractivity contribution in [3.05, 3.63) is 36.4 Å². The first-order valence-corrected chi connectivity index (χ1v) is 9.49. The van der Waals surface area contributed by atoms with Gasteiger partial charge in [0.25, 0.3) is 0 Å². The third-order valence-corrected chi connectivity index (χ3v) is 4.75. The average molecular weight is 333 g/mol. The molecule has 2 aromatic carbocycles. The van der Waals surface area contributed by atoms with Gasteiger partial charge in [0.1, 0.15) is 15.6 Å². The molecule has 0 aromatic heterocycles. The Labute approximate surface area is 137 Å². The summed E-state index contributed by atoms with van der Waals surface area (Å²) >= 11 is 0. The SMILES string of the molecule is C=S(=O)(O)c1cccc2c(NCCCC(=O)CCC)cccc12. The molecule has 4 nitrogen and oxygen atoms in total. The number of carbonyl (C=O) groups is 1. The van der Waals surface area contributed by atoms with E-state index in [0.717, 1.165) is 29.3 Å². The molecule has 0 aliphatic heterocycles. The molecule has 0 spiro atoms. The predicted molar refractivity (Wildman–Crippen MR) is 97.7 cm³/mol. The first-order valence-electron chi connectivity index (χ1n) is 7.80. The summed E-state index contributed by atoms with van der Waals surface area (Å²) in [5.41, 5.74) is 0.899. The lowest BCUT2D eigenvalue weighted by molar-refractivity contribution is -0.119. The van der Waals surface area contributed by atoms with Crippen molar-refractivity contribution in [1.82, 2.24) is 0 Å². The van der Waals surface area contributed by atoms with E-state index in [1.54, 1.807) is 12.1 Å². The molecule has 0 fully saturated rings. The van der Waals surface area contributed by atoms with E-state index in [1.165, 1.54) is 0 Å². The van der Waals surface area contributed by atoms with Crippen LogP contribution in [0, 0.1) is 0 Å². The van der Waals surface area contributed by atoms with Gasteiger partial charge in [-0.15, -0.1) is 0 Å². The molecule has 0 amide bonds. The number of anilines is 1. The minimum absolute atomic E-state index is 0.298. The zero-order valence-corrected chi connectivity index (χ0v) is 14.2. The van der Waals surface area contributed by atoms with Crippen molar-refractivity contribution in [3.8, 4) is 0 Å². The highest BCUT2D eigenvalue weighted by molar-refractivity contribution is 7.95. The number of Topliss-reactive ketones (excluding diaryl/α,β-unsaturated/α-hetero) is 1. The second-order valence-corrected chi connectivity index (χ2v) is 7.34. The molecule has 0 saturated heterocycles. The predicted octanol–water partition coefficient (Wildman–Crippen LogP) is 3.95. The third-order valence-electron chi connectivity index (χ3n) is 3.70. The molecular weight excluding hydrogens is 310 g/mol. The Morgan fingerprint density at radius 1 is 1.17 bits per heavy atom. The quantitative estimate of drug-likeness (QED) is 0.567. The second-order valence-electron chi connectivity index (χ2n) is 5.62. The van der Waals surface area contributed by atoms with E-state index in [2.05, 4.69) is 11.2 Å². The number of hydrogen-bond donors (Lipinski definition) is 2. The fraction of sp³-hybridized carbons (Fsp3) is 0.333. The van der Waals surface area contributed by atoms with Crippen LogP contribution < -0.4 is 5.32 Å². The molecule has 2 rings (SSSR count). The summed E-state index contributed by atoms with van der Waals surface area (Å²) in [6.45, 7) is 2.70. The van der Waals surface area contributed by atoms with Gasteiger partial charge in [0.15, 0.2) is 0 Å². The van der Waals surface area contributed by atoms with Crippen LogP contribution in [0.2, 0.25) is 0 Å². The molecule has 0 bridgehead atoms. The van der Waals surface area contributed by atoms with Crippen LogP contribution in [0.3, 0.4) is 0 Å². The molecule has 5 heteroatoms. The smallest absolute Gasteiger partial charge is 0.132 e. The summed E-state index contributed by atoms with van der Waals surface area (Å²) in [6, 6.07) is 10.9. The lowest BCUT2D eigenvalue weighted by Gasteiger charge is -2.12. The van der Waals surface area contributed by atoms with E-state index < -0.39 is 9.80 Å². The summed E-state index contributed by atoms with van der Waals surface area (Å²) in [5.74, 6) is 3.66. The van der Waals surface area contributed by atoms with Gasteiger partial charge in [-0.1, -0.05) is 31.2 Å². The molecule has 1 unspecified atom stereocenters. The van der Waals surface area contributed by atoms with Gasteiger partial charge in [-0.05, 0) is 30.8 Å². The van der Waals surface area contributed by atoms with Gasteiger partial charge < -0.3 is 9.87 Å². The largest absolute Gasteiger partial charge is 0.385 e. The molecule has 1 atom stereocenters. The minimum Gasteiger partial charge on any atom is -0.385 e. The maximum atomic E-state index is 11.9. The topological polar surface area (TPSA) is 66.4 Å². The lowest BCUT2D eigenvalue weighted by atomic mass is 10.1. The van der Waals surface area contributed by atoms with Crippen molar-refractivity contribution in [2.24, 2.45) is 0 Å². The van der Waals surface area contributed by atoms with Gasteiger partial charge in [-0.2, -0.15) is 0 Å². The van der Waals surface area contributed by atoms with Gasteiger partial charge in [0.05, 0.1) is 4.90 Å². The van der Waals surface area contributed by atoms with Crippen molar-refractivity contribution in [1.29, 1.82) is 0 Å². The van der Waals surface area contributed by atoms with Gasteiger partial charge in [-0.25, -0.2) is 4.21 Å². The average Bonchev–Trinajstić information content (AvgIpc) is 2.50. The molecular formula is C18H23NO3S. The fourth-order valence-corrected chi connectivity index (χ4v) is 3.44. The van der Waals surface area contributed by atoms with Gasteiger partial charge in [-0.3, -0.25) is 4.79 Å². The maximum absolute atomic E-state index is 11.9. The number of nitrogens with one attached hydrogen (secondary N) is 1. The van der Waals surface area contributed by atoms with Crippen LogP contribution in [0.4, 0.5) is 5.69 Å². The summed E-state index contributed by atoms with van der Waals surface area (Å²) < 4.78 is 21.7. The minimum atomic E-state index is -3.26. The van der Waals surface area contributed by atoms with Crippen molar-refractivity contribution in [3.63, 3.8) is 0 Å². The van der Waals surface area contributed by atoms with Crippen LogP contribution in [0.15, 0.2) is 41.3 Å². The van der Waals surface area contributed by atoms with Crippen molar-refractivity contribution < 1.29 is 13.6 Å². The number of ketones is 1. The second kappa shape index (κ2) is 7.62. The van der Waals surface area contributed by atoms with Crippen molar-refractivity contribution in [2.45, 2.75) is 37.5 Å². The van der Waals surface area contributed by atoms with E-state index in [9.17, 15) is 13.6 Å². The molecule has 0 heterocycles. The molecule has 0 radical (unpaired) electrons. The van der Waals surface area contributed by atoms with E-state index in [0.29, 0.717) is 30.1 Å². The molecule has 23 heavy (non-hydrogen) atoms. The number of hydrogen-bond acceptors (Lipinski definition) is 3. The Morgan fingerprint density at radius 2 is 1.87 bits per heavy atom. The Bertz CT molecular complexity index is 797. The number of fused-ring (bicyclic) bond motifs is 1. The van der Waals surface area contributed by atoms with Crippen LogP contribution in [-0.4, -0.2) is 27.0 Å². The van der Waals surface area contributed by atoms with E-state index >= 15 is 0 Å². The first-order chi connectivity index (χ1) is 10.9. The summed E-state index contributed by atoms with van der Waals surface area (Å²) in [6.07, 6.45) is 2.90. The van der Waals surface area contributed by atoms with E-state index in [-0.39, 0.29) is 0 Å². The number of rotatable bonds is 8. The fourth-order valence-electron chi connectivity index (χ4n) is 2.63. The summed E-state index contributed by atoms with van der Waals surface area (Å²) in [7, 11) is -3.26. The monoisotopic (exact) mass is 333 g/mol. The van der Waals surface area contributed by atoms with Crippen LogP contribution >= 0.6 is 0 Å². The first kappa shape index (κ1) is 17.5. The van der Waals surface area contributed by atoms with Crippen LogP contribution in [0.5, 0.6) is 0 Å². The van der Waals surface area contributed by atoms with Gasteiger partial charge in [0, 0.05) is 35.8 Å². The van der Waals surface area contributed by atoms with Crippen LogP contribution in [0.1, 0.15) is 32.6 Å². The maximum Gasteiger partial charge on any atom is 0.132 e. The van der Waals surface area contributed by atoms with E-state index in [1.807, 2.05) is 31.2 Å². The van der Waals surface area contributed by atoms with Crippen LogP contribution in [-0.2, 0) is 14.6 Å². The highest BCUT2D eigenvalue weighted by Gasteiger charge is 2.10. The Morgan fingerprint density at radius 3 is 2.57 bits per heavy atom. The highest BCUT2D eigenvalue weighted by Crippen LogP contribution is 2.28. The molecule has 124 valence electrons. The van der Waals surface area contributed by atoms with E-state index in [4.69, 9.17) is 0 Å². The van der Waals surface area contributed by atoms with Gasteiger partial charge >= 0.3 is 0 Å². The lowest BCUT2D eigenvalue weighted by Crippen LogP contribution is -2.06. The Kier molecular flexibility index (Phi) is 5.80. The zero-order valence-electron chi connectivity index (χ0n) is 13.4. The number of benzene rings is 2. The Hall–Kier alpha value is -1.85. The standard InChI is InChI=1S/C18H23NO3S/c1-3-7-14(20)8-6-13-19-17-11-4-10-16-15(17)9-5-12-18(16)23(2,21)22/h4-5,9-12,19H,2-3,6-8,13H2,1H3,(H,21,22). The van der Waals surface area contributed by atoms with Crippen molar-refractivity contribution in [2.75, 3.05) is 11.9 Å². The summed E-state index contributed by atoms with van der Waals surface area (Å²) in [5, 5.41) is 4.93. The molecule has 2 aromatic rings. The van der Waals surface area contributed by atoms with Gasteiger partial charge in [0.2, 0.25) is 0 Å². The normalized spacial score (nSPS) is 13.7. The molecule has 0 aliphatic carbocycles. The van der Waals surface area contributed by atoms with Crippen molar-refractivity contribution >= 4 is 37.9 Å². The molecule has 0 aliphatic rings. The van der Waals surface area contributed by atoms with Crippen LogP contribution in [0.25, 0.3) is 10.8 Å². The molecule has 0 saturated carbocycles. The highest BCUT2D eigenvalue weighted by atomic mass is 32.2. The Balaban J connectivity index is 2.15. The summed E-state index contributed by atoms with van der Waals surface area (Å²) in [4.78, 5) is 11.9. The zero-order chi connectivity index (χ0) is 16.9. The molecule has 2 N–H and O–H groups in total. The third kappa shape index (κ3) is 4.56. The number of carbonyl (C=O) groups excluding carboxylic acids is 1.